The van der Waals surface area contributed by atoms with Gasteiger partial charge in [0.05, 0.1) is 5.56 Å². The number of amides is 1. The number of carboxylic acids is 1. The van der Waals surface area contributed by atoms with E-state index in [1.165, 1.54) is 0 Å². The SMILES string of the molecule is CCC(C)(Nc1ccc(C(N)=O)c(Br)c1)C(=O)O. The molecule has 5 nitrogen and oxygen atoms in total. The molecule has 0 aliphatic carbocycles. The molecule has 18 heavy (non-hydrogen) atoms. The lowest BCUT2D eigenvalue weighted by Gasteiger charge is -2.26. The van der Waals surface area contributed by atoms with Crippen molar-refractivity contribution in [1.82, 2.24) is 0 Å². The minimum absolute atomic E-state index is 0.356. The number of nitrogens with two attached hydrogens (primary N) is 1. The average Bonchev–Trinajstić information content (AvgIpc) is 2.28. The topological polar surface area (TPSA) is 92.4 Å². The van der Waals surface area contributed by atoms with Gasteiger partial charge in [-0.05, 0) is 47.5 Å². The Bertz CT molecular complexity index is 490. The van der Waals surface area contributed by atoms with Crippen molar-refractivity contribution >= 4 is 33.5 Å². The first kappa shape index (κ1) is 14.5. The van der Waals surface area contributed by atoms with Crippen molar-refractivity contribution in [3.63, 3.8) is 0 Å². The standard InChI is InChI=1S/C12H15BrN2O3/c1-3-12(2,11(17)18)15-7-4-5-8(10(14)16)9(13)6-7/h4-6,15H,3H2,1-2H3,(H2,14,16)(H,17,18). The van der Waals surface area contributed by atoms with Gasteiger partial charge < -0.3 is 16.2 Å². The van der Waals surface area contributed by atoms with Crippen LogP contribution in [0.1, 0.15) is 30.6 Å². The van der Waals surface area contributed by atoms with E-state index < -0.39 is 17.4 Å². The summed E-state index contributed by atoms with van der Waals surface area (Å²) < 4.78 is 0.531. The molecule has 1 atom stereocenters. The van der Waals surface area contributed by atoms with E-state index in [-0.39, 0.29) is 0 Å². The largest absolute Gasteiger partial charge is 0.480 e. The molecular formula is C12H15BrN2O3. The maximum absolute atomic E-state index is 11.2. The number of carboxylic acid groups (broad SMARTS) is 1. The Morgan fingerprint density at radius 1 is 1.50 bits per heavy atom. The minimum atomic E-state index is -1.05. The Labute approximate surface area is 113 Å². The third kappa shape index (κ3) is 3.01. The lowest BCUT2D eigenvalue weighted by Crippen LogP contribution is -2.42. The maximum atomic E-state index is 11.2. The van der Waals surface area contributed by atoms with Crippen molar-refractivity contribution in [2.45, 2.75) is 25.8 Å². The average molecular weight is 315 g/mol. The van der Waals surface area contributed by atoms with Crippen LogP contribution in [0, 0.1) is 0 Å². The molecule has 0 bridgehead atoms. The fourth-order valence-corrected chi connectivity index (χ4v) is 1.98. The van der Waals surface area contributed by atoms with Crippen LogP contribution >= 0.6 is 15.9 Å². The molecule has 0 fully saturated rings. The van der Waals surface area contributed by atoms with Crippen LogP contribution in [0.5, 0.6) is 0 Å². The second kappa shape index (κ2) is 5.39. The van der Waals surface area contributed by atoms with Gasteiger partial charge in [0.25, 0.3) is 0 Å². The van der Waals surface area contributed by atoms with Crippen molar-refractivity contribution < 1.29 is 14.7 Å². The molecule has 1 rings (SSSR count). The fraction of sp³-hybridized carbons (Fsp3) is 0.333. The zero-order chi connectivity index (χ0) is 13.9. The van der Waals surface area contributed by atoms with E-state index in [4.69, 9.17) is 10.8 Å². The minimum Gasteiger partial charge on any atom is -0.480 e. The van der Waals surface area contributed by atoms with Crippen LogP contribution in [0.25, 0.3) is 0 Å². The van der Waals surface area contributed by atoms with Crippen LogP contribution in [0.15, 0.2) is 22.7 Å². The van der Waals surface area contributed by atoms with E-state index >= 15 is 0 Å². The molecule has 1 amide bonds. The zero-order valence-electron chi connectivity index (χ0n) is 10.2. The molecule has 6 heteroatoms. The Kier molecular flexibility index (Phi) is 4.34. The number of primary amides is 1. The van der Waals surface area contributed by atoms with Crippen LogP contribution in [-0.2, 0) is 4.79 Å². The van der Waals surface area contributed by atoms with Gasteiger partial charge in [-0.2, -0.15) is 0 Å². The summed E-state index contributed by atoms with van der Waals surface area (Å²) in [7, 11) is 0. The van der Waals surface area contributed by atoms with Gasteiger partial charge in [0.15, 0.2) is 0 Å². The molecular weight excluding hydrogens is 300 g/mol. The first-order valence-electron chi connectivity index (χ1n) is 5.41. The molecule has 0 aromatic heterocycles. The highest BCUT2D eigenvalue weighted by molar-refractivity contribution is 9.10. The summed E-state index contributed by atoms with van der Waals surface area (Å²) in [6, 6.07) is 4.81. The number of aliphatic carboxylic acids is 1. The number of hydrogen-bond donors (Lipinski definition) is 3. The second-order valence-corrected chi connectivity index (χ2v) is 5.03. The van der Waals surface area contributed by atoms with Crippen LogP contribution in [0.3, 0.4) is 0 Å². The molecule has 4 N–H and O–H groups in total. The highest BCUT2D eigenvalue weighted by atomic mass is 79.9. The summed E-state index contributed by atoms with van der Waals surface area (Å²) in [4.78, 5) is 22.2. The van der Waals surface area contributed by atoms with E-state index in [0.717, 1.165) is 0 Å². The van der Waals surface area contributed by atoms with Gasteiger partial charge in [0.2, 0.25) is 5.91 Å². The van der Waals surface area contributed by atoms with E-state index in [9.17, 15) is 9.59 Å². The predicted octanol–water partition coefficient (Wildman–Crippen LogP) is 2.21. The number of nitrogens with one attached hydrogen (secondary N) is 1. The van der Waals surface area contributed by atoms with Crippen LogP contribution in [0.2, 0.25) is 0 Å². The molecule has 0 heterocycles. The molecule has 0 saturated heterocycles. The quantitative estimate of drug-likeness (QED) is 0.777. The van der Waals surface area contributed by atoms with Crippen molar-refractivity contribution in [2.24, 2.45) is 5.73 Å². The van der Waals surface area contributed by atoms with Crippen LogP contribution in [-0.4, -0.2) is 22.5 Å². The van der Waals surface area contributed by atoms with E-state index in [1.807, 2.05) is 0 Å². The number of carbonyl (C=O) groups is 2. The molecule has 1 unspecified atom stereocenters. The van der Waals surface area contributed by atoms with Crippen molar-refractivity contribution in [1.29, 1.82) is 0 Å². The Hall–Kier alpha value is -1.56. The predicted molar refractivity (Wildman–Crippen MR) is 72.6 cm³/mol. The summed E-state index contributed by atoms with van der Waals surface area (Å²) >= 11 is 3.23. The van der Waals surface area contributed by atoms with Gasteiger partial charge in [-0.15, -0.1) is 0 Å². The Balaban J connectivity index is 3.03. The highest BCUT2D eigenvalue weighted by Crippen LogP contribution is 2.25. The number of rotatable bonds is 5. The van der Waals surface area contributed by atoms with Gasteiger partial charge in [-0.3, -0.25) is 4.79 Å². The normalized spacial score (nSPS) is 13.7. The lowest BCUT2D eigenvalue weighted by atomic mass is 9.98. The Morgan fingerprint density at radius 3 is 2.50 bits per heavy atom. The first-order valence-corrected chi connectivity index (χ1v) is 6.20. The van der Waals surface area contributed by atoms with Gasteiger partial charge >= 0.3 is 5.97 Å². The fourth-order valence-electron chi connectivity index (χ4n) is 1.40. The van der Waals surface area contributed by atoms with Gasteiger partial charge in [-0.1, -0.05) is 6.92 Å². The Morgan fingerprint density at radius 2 is 2.11 bits per heavy atom. The molecule has 0 spiro atoms. The number of halogens is 1. The molecule has 0 radical (unpaired) electrons. The van der Waals surface area contributed by atoms with Crippen molar-refractivity contribution in [2.75, 3.05) is 5.32 Å². The molecule has 98 valence electrons. The van der Waals surface area contributed by atoms with E-state index in [2.05, 4.69) is 21.2 Å². The number of hydrogen-bond acceptors (Lipinski definition) is 3. The number of anilines is 1. The van der Waals surface area contributed by atoms with Gasteiger partial charge in [-0.25, -0.2) is 4.79 Å². The third-order valence-corrected chi connectivity index (χ3v) is 3.49. The van der Waals surface area contributed by atoms with Crippen LogP contribution < -0.4 is 11.1 Å². The smallest absolute Gasteiger partial charge is 0.329 e. The number of benzene rings is 1. The summed E-state index contributed by atoms with van der Waals surface area (Å²) in [6.07, 6.45) is 0.428. The van der Waals surface area contributed by atoms with Gasteiger partial charge in [0, 0.05) is 10.2 Å². The number of carbonyl (C=O) groups excluding carboxylic acids is 1. The van der Waals surface area contributed by atoms with E-state index in [0.29, 0.717) is 22.1 Å². The lowest BCUT2D eigenvalue weighted by molar-refractivity contribution is -0.141. The summed E-state index contributed by atoms with van der Waals surface area (Å²) in [5.74, 6) is -1.47. The molecule has 1 aromatic rings. The first-order chi connectivity index (χ1) is 8.30. The van der Waals surface area contributed by atoms with Crippen LogP contribution in [0.4, 0.5) is 5.69 Å². The summed E-state index contributed by atoms with van der Waals surface area (Å²) in [5, 5.41) is 12.1. The third-order valence-electron chi connectivity index (χ3n) is 2.83. The van der Waals surface area contributed by atoms with Crippen molar-refractivity contribution in [3.8, 4) is 0 Å². The second-order valence-electron chi connectivity index (χ2n) is 4.17. The monoisotopic (exact) mass is 314 g/mol. The molecule has 0 aliphatic rings. The molecule has 0 aliphatic heterocycles. The van der Waals surface area contributed by atoms with E-state index in [1.54, 1.807) is 32.0 Å². The van der Waals surface area contributed by atoms with Crippen molar-refractivity contribution in [3.05, 3.63) is 28.2 Å². The highest BCUT2D eigenvalue weighted by Gasteiger charge is 2.30. The molecule has 0 saturated carbocycles. The zero-order valence-corrected chi connectivity index (χ0v) is 11.7. The molecule has 1 aromatic carbocycles. The maximum Gasteiger partial charge on any atom is 0.329 e. The summed E-state index contributed by atoms with van der Waals surface area (Å²) in [6.45, 7) is 3.39. The van der Waals surface area contributed by atoms with Gasteiger partial charge in [0.1, 0.15) is 5.54 Å². The summed E-state index contributed by atoms with van der Waals surface area (Å²) in [5.41, 5.74) is 5.10.